The van der Waals surface area contributed by atoms with E-state index in [2.05, 4.69) is 10.6 Å². The molecular formula is C29H34N2O3S. The predicted molar refractivity (Wildman–Crippen MR) is 144 cm³/mol. The highest BCUT2D eigenvalue weighted by Crippen LogP contribution is 2.21. The van der Waals surface area contributed by atoms with Crippen LogP contribution in [0.1, 0.15) is 50.2 Å². The van der Waals surface area contributed by atoms with E-state index in [1.165, 1.54) is 11.8 Å². The van der Waals surface area contributed by atoms with E-state index in [1.807, 2.05) is 92.9 Å². The van der Waals surface area contributed by atoms with Gasteiger partial charge in [-0.1, -0.05) is 93.1 Å². The maximum atomic E-state index is 13.0. The number of amides is 2. The first-order valence-corrected chi connectivity index (χ1v) is 13.4. The fourth-order valence-corrected chi connectivity index (χ4v) is 4.74. The lowest BCUT2D eigenvalue weighted by molar-refractivity contribution is -0.130. The Balaban J connectivity index is 1.59. The summed E-state index contributed by atoms with van der Waals surface area (Å²) >= 11 is 1.31. The van der Waals surface area contributed by atoms with Gasteiger partial charge in [0.05, 0.1) is 6.42 Å². The molecule has 2 unspecified atom stereocenters. The van der Waals surface area contributed by atoms with Crippen molar-refractivity contribution in [2.75, 3.05) is 6.26 Å². The van der Waals surface area contributed by atoms with Gasteiger partial charge >= 0.3 is 0 Å². The number of rotatable bonds is 12. The van der Waals surface area contributed by atoms with E-state index in [0.29, 0.717) is 12.8 Å². The fourth-order valence-electron chi connectivity index (χ4n) is 4.15. The van der Waals surface area contributed by atoms with Crippen molar-refractivity contribution in [1.82, 2.24) is 10.6 Å². The van der Waals surface area contributed by atoms with E-state index in [4.69, 9.17) is 0 Å². The van der Waals surface area contributed by atoms with Gasteiger partial charge in [0.15, 0.2) is 5.78 Å². The van der Waals surface area contributed by atoms with Crippen molar-refractivity contribution >= 4 is 40.1 Å². The zero-order valence-corrected chi connectivity index (χ0v) is 21.4. The van der Waals surface area contributed by atoms with Crippen LogP contribution in [0.3, 0.4) is 0 Å². The SMILES string of the molecule is CCCC(NC(=O)Cc1ccc2ccccc2c1)C(=O)N[C@@H](SC)C(=O)CC(C)c1ccccc1. The molecular weight excluding hydrogens is 456 g/mol. The van der Waals surface area contributed by atoms with Gasteiger partial charge < -0.3 is 10.6 Å². The van der Waals surface area contributed by atoms with Crippen LogP contribution < -0.4 is 10.6 Å². The molecule has 6 heteroatoms. The molecule has 184 valence electrons. The minimum Gasteiger partial charge on any atom is -0.344 e. The number of fused-ring (bicyclic) bond motifs is 1. The Bertz CT molecular complexity index is 1150. The highest BCUT2D eigenvalue weighted by atomic mass is 32.2. The third kappa shape index (κ3) is 7.69. The highest BCUT2D eigenvalue weighted by molar-refractivity contribution is 7.99. The molecule has 0 fully saturated rings. The molecule has 0 radical (unpaired) electrons. The van der Waals surface area contributed by atoms with Crippen molar-refractivity contribution in [3.8, 4) is 0 Å². The quantitative estimate of drug-likeness (QED) is 0.341. The van der Waals surface area contributed by atoms with Gasteiger partial charge in [-0.2, -0.15) is 0 Å². The van der Waals surface area contributed by atoms with Crippen LogP contribution in [0.15, 0.2) is 72.8 Å². The van der Waals surface area contributed by atoms with Crippen molar-refractivity contribution in [1.29, 1.82) is 0 Å². The molecule has 2 amide bonds. The average molecular weight is 491 g/mol. The number of Topliss-reactive ketones (excluding diaryl/α,β-unsaturated/α-hetero) is 1. The van der Waals surface area contributed by atoms with E-state index < -0.39 is 11.4 Å². The van der Waals surface area contributed by atoms with Gasteiger partial charge in [0.25, 0.3) is 0 Å². The average Bonchev–Trinajstić information content (AvgIpc) is 2.87. The zero-order chi connectivity index (χ0) is 25.2. The van der Waals surface area contributed by atoms with Crippen LogP contribution in [0.25, 0.3) is 10.8 Å². The number of carbonyl (C=O) groups excluding carboxylic acids is 3. The van der Waals surface area contributed by atoms with Crippen LogP contribution in [0, 0.1) is 0 Å². The lowest BCUT2D eigenvalue weighted by Crippen LogP contribution is -2.51. The third-order valence-corrected chi connectivity index (χ3v) is 6.94. The summed E-state index contributed by atoms with van der Waals surface area (Å²) in [4.78, 5) is 38.7. The van der Waals surface area contributed by atoms with Gasteiger partial charge in [-0.3, -0.25) is 14.4 Å². The minimum absolute atomic E-state index is 0.0278. The monoisotopic (exact) mass is 490 g/mol. The zero-order valence-electron chi connectivity index (χ0n) is 20.6. The van der Waals surface area contributed by atoms with Crippen LogP contribution in [0.5, 0.6) is 0 Å². The summed E-state index contributed by atoms with van der Waals surface area (Å²) < 4.78 is 0. The van der Waals surface area contributed by atoms with E-state index in [0.717, 1.165) is 28.3 Å². The number of carbonyl (C=O) groups is 3. The number of nitrogens with one attached hydrogen (secondary N) is 2. The second-order valence-electron chi connectivity index (χ2n) is 8.87. The van der Waals surface area contributed by atoms with E-state index in [-0.39, 0.29) is 29.9 Å². The van der Waals surface area contributed by atoms with Crippen LogP contribution in [-0.2, 0) is 20.8 Å². The minimum atomic E-state index is -0.679. The van der Waals surface area contributed by atoms with Crippen LogP contribution in [0.4, 0.5) is 0 Å². The molecule has 0 aliphatic carbocycles. The Labute approximate surface area is 212 Å². The summed E-state index contributed by atoms with van der Waals surface area (Å²) in [6.45, 7) is 3.98. The van der Waals surface area contributed by atoms with Gasteiger partial charge in [-0.25, -0.2) is 0 Å². The van der Waals surface area contributed by atoms with Crippen molar-refractivity contribution < 1.29 is 14.4 Å². The summed E-state index contributed by atoms with van der Waals surface area (Å²) in [5.41, 5.74) is 1.99. The summed E-state index contributed by atoms with van der Waals surface area (Å²) in [5, 5.41) is 7.29. The van der Waals surface area contributed by atoms with E-state index in [9.17, 15) is 14.4 Å². The number of benzene rings is 3. The molecule has 3 atom stereocenters. The molecule has 0 spiro atoms. The third-order valence-electron chi connectivity index (χ3n) is 6.09. The lowest BCUT2D eigenvalue weighted by Gasteiger charge is -2.22. The molecule has 0 saturated carbocycles. The van der Waals surface area contributed by atoms with Crippen molar-refractivity contribution in [3.05, 3.63) is 83.9 Å². The summed E-state index contributed by atoms with van der Waals surface area (Å²) in [5.74, 6) is -0.499. The largest absolute Gasteiger partial charge is 0.344 e. The van der Waals surface area contributed by atoms with Gasteiger partial charge in [0.1, 0.15) is 11.4 Å². The molecule has 0 saturated heterocycles. The Morgan fingerprint density at radius 1 is 0.886 bits per heavy atom. The smallest absolute Gasteiger partial charge is 0.243 e. The maximum absolute atomic E-state index is 13.0. The summed E-state index contributed by atoms with van der Waals surface area (Å²) in [6.07, 6.45) is 3.58. The standard InChI is InChI=1S/C29H34N2O3S/c1-4-10-25(30-27(33)19-21-15-16-23-13-8-9-14-24(23)18-21)28(34)31-29(35-3)26(32)17-20(2)22-11-6-5-7-12-22/h5-9,11-16,18,20,25,29H,4,10,17,19H2,1-3H3,(H,30,33)(H,31,34)/t20?,25?,29-/m0/s1. The first kappa shape index (κ1) is 26.5. The number of thioether (sulfide) groups is 1. The first-order chi connectivity index (χ1) is 16.9. The number of hydrogen-bond acceptors (Lipinski definition) is 4. The molecule has 0 heterocycles. The molecule has 3 aromatic rings. The van der Waals surface area contributed by atoms with Crippen LogP contribution >= 0.6 is 11.8 Å². The Morgan fingerprint density at radius 3 is 2.26 bits per heavy atom. The molecule has 0 bridgehead atoms. The van der Waals surface area contributed by atoms with Crippen molar-refractivity contribution in [3.63, 3.8) is 0 Å². The Kier molecular flexibility index (Phi) is 9.91. The topological polar surface area (TPSA) is 75.3 Å². The molecule has 5 nitrogen and oxygen atoms in total. The van der Waals surface area contributed by atoms with E-state index in [1.54, 1.807) is 0 Å². The second kappa shape index (κ2) is 13.1. The maximum Gasteiger partial charge on any atom is 0.243 e. The Morgan fingerprint density at radius 2 is 1.57 bits per heavy atom. The predicted octanol–water partition coefficient (Wildman–Crippen LogP) is 5.24. The number of ketones is 1. The first-order valence-electron chi connectivity index (χ1n) is 12.1. The molecule has 0 aliphatic heterocycles. The molecule has 2 N–H and O–H groups in total. The summed E-state index contributed by atoms with van der Waals surface area (Å²) in [7, 11) is 0. The van der Waals surface area contributed by atoms with Crippen molar-refractivity contribution in [2.24, 2.45) is 0 Å². The lowest BCUT2D eigenvalue weighted by atomic mass is 9.95. The number of hydrogen-bond donors (Lipinski definition) is 2. The van der Waals surface area contributed by atoms with Crippen molar-refractivity contribution in [2.45, 2.75) is 56.9 Å². The van der Waals surface area contributed by atoms with Gasteiger partial charge in [-0.15, -0.1) is 11.8 Å². The normalized spacial score (nSPS) is 13.6. The van der Waals surface area contributed by atoms with Gasteiger partial charge in [-0.05, 0) is 40.5 Å². The molecule has 35 heavy (non-hydrogen) atoms. The summed E-state index contributed by atoms with van der Waals surface area (Å²) in [6, 6.07) is 23.1. The Hall–Kier alpha value is -3.12. The van der Waals surface area contributed by atoms with E-state index >= 15 is 0 Å². The van der Waals surface area contributed by atoms with Gasteiger partial charge in [0, 0.05) is 6.42 Å². The fraction of sp³-hybridized carbons (Fsp3) is 0.345. The molecule has 3 rings (SSSR count). The molecule has 3 aromatic carbocycles. The molecule has 0 aromatic heterocycles. The van der Waals surface area contributed by atoms with Crippen LogP contribution in [0.2, 0.25) is 0 Å². The van der Waals surface area contributed by atoms with Gasteiger partial charge in [0.2, 0.25) is 11.8 Å². The second-order valence-corrected chi connectivity index (χ2v) is 9.82. The van der Waals surface area contributed by atoms with Crippen LogP contribution in [-0.4, -0.2) is 35.3 Å². The molecule has 0 aliphatic rings. The highest BCUT2D eigenvalue weighted by Gasteiger charge is 2.26.